The standard InChI is InChI=1S/C17H18N2O2/c1-2-18-15-10-6-7-11-16(15)19(17(18)20)12-13-21-14-8-4-3-5-9-14/h3-11H,2,12-13H2,1H3. The highest BCUT2D eigenvalue weighted by molar-refractivity contribution is 5.75. The topological polar surface area (TPSA) is 36.2 Å². The third kappa shape index (κ3) is 2.57. The zero-order valence-electron chi connectivity index (χ0n) is 12.0. The number of fused-ring (bicyclic) bond motifs is 1. The van der Waals surface area contributed by atoms with Crippen molar-refractivity contribution in [2.45, 2.75) is 20.0 Å². The van der Waals surface area contributed by atoms with E-state index in [2.05, 4.69) is 0 Å². The molecule has 4 heteroatoms. The van der Waals surface area contributed by atoms with Gasteiger partial charge in [0.05, 0.1) is 17.6 Å². The summed E-state index contributed by atoms with van der Waals surface area (Å²) in [6.45, 7) is 3.67. The van der Waals surface area contributed by atoms with Crippen molar-refractivity contribution in [3.8, 4) is 5.75 Å². The highest BCUT2D eigenvalue weighted by Gasteiger charge is 2.11. The van der Waals surface area contributed by atoms with E-state index in [1.807, 2.05) is 61.5 Å². The first-order valence-electron chi connectivity index (χ1n) is 7.17. The first-order valence-corrected chi connectivity index (χ1v) is 7.17. The molecule has 3 rings (SSSR count). The number of aryl methyl sites for hydroxylation is 1. The number of hydrogen-bond donors (Lipinski definition) is 0. The van der Waals surface area contributed by atoms with Crippen LogP contribution in [0.3, 0.4) is 0 Å². The van der Waals surface area contributed by atoms with Gasteiger partial charge in [-0.25, -0.2) is 4.79 Å². The number of para-hydroxylation sites is 3. The predicted octanol–water partition coefficient (Wildman–Crippen LogP) is 2.90. The number of ether oxygens (including phenoxy) is 1. The smallest absolute Gasteiger partial charge is 0.329 e. The van der Waals surface area contributed by atoms with E-state index in [9.17, 15) is 4.79 Å². The summed E-state index contributed by atoms with van der Waals surface area (Å²) >= 11 is 0. The quantitative estimate of drug-likeness (QED) is 0.721. The molecule has 0 N–H and O–H groups in total. The highest BCUT2D eigenvalue weighted by Crippen LogP contribution is 2.13. The lowest BCUT2D eigenvalue weighted by Crippen LogP contribution is -2.25. The Bertz CT molecular complexity index is 787. The molecule has 4 nitrogen and oxygen atoms in total. The molecule has 2 aromatic carbocycles. The van der Waals surface area contributed by atoms with Gasteiger partial charge in [0, 0.05) is 6.54 Å². The molecule has 0 aliphatic rings. The lowest BCUT2D eigenvalue weighted by atomic mass is 10.3. The minimum absolute atomic E-state index is 0.0235. The Labute approximate surface area is 123 Å². The van der Waals surface area contributed by atoms with Gasteiger partial charge in [-0.15, -0.1) is 0 Å². The molecule has 0 radical (unpaired) electrons. The Morgan fingerprint density at radius 2 is 1.52 bits per heavy atom. The summed E-state index contributed by atoms with van der Waals surface area (Å²) in [4.78, 5) is 12.4. The molecule has 0 aliphatic carbocycles. The minimum Gasteiger partial charge on any atom is -0.492 e. The van der Waals surface area contributed by atoms with Gasteiger partial charge in [-0.3, -0.25) is 9.13 Å². The van der Waals surface area contributed by atoms with E-state index < -0.39 is 0 Å². The molecule has 0 fully saturated rings. The van der Waals surface area contributed by atoms with Crippen LogP contribution in [0.1, 0.15) is 6.92 Å². The second kappa shape index (κ2) is 5.87. The van der Waals surface area contributed by atoms with E-state index in [1.165, 1.54) is 0 Å². The fourth-order valence-corrected chi connectivity index (χ4v) is 2.57. The fourth-order valence-electron chi connectivity index (χ4n) is 2.57. The third-order valence-electron chi connectivity index (χ3n) is 3.57. The van der Waals surface area contributed by atoms with Gasteiger partial charge in [-0.1, -0.05) is 30.3 Å². The fraction of sp³-hybridized carbons (Fsp3) is 0.235. The van der Waals surface area contributed by atoms with E-state index in [0.29, 0.717) is 19.7 Å². The number of hydrogen-bond acceptors (Lipinski definition) is 2. The Balaban J connectivity index is 1.84. The van der Waals surface area contributed by atoms with E-state index in [0.717, 1.165) is 16.8 Å². The molecular formula is C17H18N2O2. The zero-order valence-corrected chi connectivity index (χ0v) is 12.0. The third-order valence-corrected chi connectivity index (χ3v) is 3.57. The summed E-state index contributed by atoms with van der Waals surface area (Å²) in [5.41, 5.74) is 1.96. The maximum absolute atomic E-state index is 12.4. The number of aromatic nitrogens is 2. The molecule has 3 aromatic rings. The van der Waals surface area contributed by atoms with Crippen molar-refractivity contribution in [2.24, 2.45) is 0 Å². The first-order chi connectivity index (χ1) is 10.3. The van der Waals surface area contributed by atoms with Gasteiger partial charge < -0.3 is 4.74 Å². The molecule has 0 spiro atoms. The van der Waals surface area contributed by atoms with E-state index in [-0.39, 0.29) is 5.69 Å². The summed E-state index contributed by atoms with van der Waals surface area (Å²) < 4.78 is 9.26. The molecule has 0 saturated carbocycles. The number of nitrogens with zero attached hydrogens (tertiary/aromatic N) is 2. The van der Waals surface area contributed by atoms with Crippen LogP contribution in [-0.2, 0) is 13.1 Å². The monoisotopic (exact) mass is 282 g/mol. The van der Waals surface area contributed by atoms with Crippen LogP contribution in [-0.4, -0.2) is 15.7 Å². The molecule has 0 amide bonds. The van der Waals surface area contributed by atoms with Crippen LogP contribution >= 0.6 is 0 Å². The van der Waals surface area contributed by atoms with E-state index in [1.54, 1.807) is 9.13 Å². The molecule has 108 valence electrons. The maximum atomic E-state index is 12.4. The van der Waals surface area contributed by atoms with Crippen LogP contribution in [0.2, 0.25) is 0 Å². The van der Waals surface area contributed by atoms with Gasteiger partial charge in [0.2, 0.25) is 0 Å². The molecule has 21 heavy (non-hydrogen) atoms. The van der Waals surface area contributed by atoms with Gasteiger partial charge in [0.25, 0.3) is 0 Å². The number of benzene rings is 2. The Kier molecular flexibility index (Phi) is 3.77. The Morgan fingerprint density at radius 1 is 0.905 bits per heavy atom. The maximum Gasteiger partial charge on any atom is 0.329 e. The Morgan fingerprint density at radius 3 is 2.19 bits per heavy atom. The summed E-state index contributed by atoms with van der Waals surface area (Å²) in [6.07, 6.45) is 0. The van der Waals surface area contributed by atoms with Crippen LogP contribution in [0.15, 0.2) is 59.4 Å². The molecule has 0 aliphatic heterocycles. The average Bonchev–Trinajstić information content (AvgIpc) is 2.80. The van der Waals surface area contributed by atoms with Crippen molar-refractivity contribution in [1.29, 1.82) is 0 Å². The van der Waals surface area contributed by atoms with Crippen molar-refractivity contribution in [2.75, 3.05) is 6.61 Å². The van der Waals surface area contributed by atoms with Crippen LogP contribution in [0.25, 0.3) is 11.0 Å². The lowest BCUT2D eigenvalue weighted by molar-refractivity contribution is 0.297. The SMILES string of the molecule is CCn1c(=O)n(CCOc2ccccc2)c2ccccc21. The molecule has 1 heterocycles. The van der Waals surface area contributed by atoms with Crippen molar-refractivity contribution in [1.82, 2.24) is 9.13 Å². The van der Waals surface area contributed by atoms with Crippen molar-refractivity contribution >= 4 is 11.0 Å². The Hall–Kier alpha value is -2.49. The minimum atomic E-state index is 0.0235. The second-order valence-electron chi connectivity index (χ2n) is 4.83. The van der Waals surface area contributed by atoms with Crippen LogP contribution in [0.4, 0.5) is 0 Å². The van der Waals surface area contributed by atoms with Crippen molar-refractivity contribution < 1.29 is 4.74 Å². The summed E-state index contributed by atoms with van der Waals surface area (Å²) in [5, 5.41) is 0. The normalized spacial score (nSPS) is 10.9. The molecule has 0 saturated heterocycles. The molecule has 0 atom stereocenters. The summed E-state index contributed by atoms with van der Waals surface area (Å²) in [7, 11) is 0. The second-order valence-corrected chi connectivity index (χ2v) is 4.83. The van der Waals surface area contributed by atoms with Gasteiger partial charge >= 0.3 is 5.69 Å². The first kappa shape index (κ1) is 13.5. The van der Waals surface area contributed by atoms with Crippen molar-refractivity contribution in [3.05, 3.63) is 65.1 Å². The van der Waals surface area contributed by atoms with Gasteiger partial charge in [-0.2, -0.15) is 0 Å². The molecule has 0 unspecified atom stereocenters. The number of rotatable bonds is 5. The van der Waals surface area contributed by atoms with Gasteiger partial charge in [0.1, 0.15) is 12.4 Å². The average molecular weight is 282 g/mol. The summed E-state index contributed by atoms with van der Waals surface area (Å²) in [5.74, 6) is 0.824. The number of imidazole rings is 1. The van der Waals surface area contributed by atoms with Crippen LogP contribution in [0, 0.1) is 0 Å². The largest absolute Gasteiger partial charge is 0.492 e. The molecular weight excluding hydrogens is 264 g/mol. The van der Waals surface area contributed by atoms with Crippen LogP contribution in [0.5, 0.6) is 5.75 Å². The van der Waals surface area contributed by atoms with E-state index in [4.69, 9.17) is 4.74 Å². The summed E-state index contributed by atoms with van der Waals surface area (Å²) in [6, 6.07) is 17.5. The molecule has 1 aromatic heterocycles. The van der Waals surface area contributed by atoms with Gasteiger partial charge in [0.15, 0.2) is 0 Å². The predicted molar refractivity (Wildman–Crippen MR) is 83.8 cm³/mol. The van der Waals surface area contributed by atoms with Crippen LogP contribution < -0.4 is 10.4 Å². The zero-order chi connectivity index (χ0) is 14.7. The molecule has 0 bridgehead atoms. The van der Waals surface area contributed by atoms with Gasteiger partial charge in [-0.05, 0) is 31.2 Å². The lowest BCUT2D eigenvalue weighted by Gasteiger charge is -2.06. The van der Waals surface area contributed by atoms with Crippen molar-refractivity contribution in [3.63, 3.8) is 0 Å². The van der Waals surface area contributed by atoms with E-state index >= 15 is 0 Å². The highest BCUT2D eigenvalue weighted by atomic mass is 16.5.